The average molecular weight is 470 g/mol. The van der Waals surface area contributed by atoms with Gasteiger partial charge in [0.1, 0.15) is 19.8 Å². The summed E-state index contributed by atoms with van der Waals surface area (Å²) in [5.74, 6) is 2.94. The molecule has 0 spiro atoms. The van der Waals surface area contributed by atoms with E-state index in [1.54, 1.807) is 7.11 Å². The number of ether oxygens (including phenoxy) is 4. The molecule has 0 saturated carbocycles. The van der Waals surface area contributed by atoms with E-state index in [-0.39, 0.29) is 0 Å². The van der Waals surface area contributed by atoms with Gasteiger partial charge in [0, 0.05) is 18.3 Å². The van der Waals surface area contributed by atoms with Crippen molar-refractivity contribution in [2.24, 2.45) is 0 Å². The van der Waals surface area contributed by atoms with Crippen molar-refractivity contribution >= 4 is 21.6 Å². The lowest BCUT2D eigenvalue weighted by molar-refractivity contribution is 0.171. The maximum atomic E-state index is 6.04. The lowest BCUT2D eigenvalue weighted by Crippen LogP contribution is -2.15. The fraction of sp³-hybridized carbons (Fsp3) is 0.250. The van der Waals surface area contributed by atoms with Crippen molar-refractivity contribution in [1.82, 2.24) is 0 Å². The summed E-state index contributed by atoms with van der Waals surface area (Å²) in [5, 5.41) is 3.42. The Morgan fingerprint density at radius 1 is 0.933 bits per heavy atom. The zero-order chi connectivity index (χ0) is 20.9. The van der Waals surface area contributed by atoms with Crippen LogP contribution in [-0.2, 0) is 13.2 Å². The number of fused-ring (bicyclic) bond motifs is 1. The van der Waals surface area contributed by atoms with Crippen LogP contribution < -0.4 is 24.3 Å². The van der Waals surface area contributed by atoms with Gasteiger partial charge in [-0.25, -0.2) is 0 Å². The smallest absolute Gasteiger partial charge is 0.175 e. The summed E-state index contributed by atoms with van der Waals surface area (Å²) in [5.41, 5.74) is 4.37. The molecular weight excluding hydrogens is 446 g/mol. The Bertz CT molecular complexity index is 1020. The summed E-state index contributed by atoms with van der Waals surface area (Å²) < 4.78 is 23.7. The first-order valence-electron chi connectivity index (χ1n) is 9.80. The van der Waals surface area contributed by atoms with Crippen LogP contribution in [0, 0.1) is 6.92 Å². The van der Waals surface area contributed by atoms with E-state index in [4.69, 9.17) is 18.9 Å². The predicted molar refractivity (Wildman–Crippen MR) is 121 cm³/mol. The molecule has 3 aromatic carbocycles. The first kappa shape index (κ1) is 20.4. The quantitative estimate of drug-likeness (QED) is 0.478. The molecule has 156 valence electrons. The highest BCUT2D eigenvalue weighted by Gasteiger charge is 2.14. The molecule has 5 nitrogen and oxygen atoms in total. The van der Waals surface area contributed by atoms with Gasteiger partial charge in [0.25, 0.3) is 0 Å². The minimum Gasteiger partial charge on any atom is -0.493 e. The Balaban J connectivity index is 1.44. The van der Waals surface area contributed by atoms with E-state index < -0.39 is 0 Å². The third-order valence-electron chi connectivity index (χ3n) is 4.83. The van der Waals surface area contributed by atoms with Crippen LogP contribution in [-0.4, -0.2) is 20.3 Å². The third kappa shape index (κ3) is 4.82. The van der Waals surface area contributed by atoms with Crippen molar-refractivity contribution in [3.05, 3.63) is 75.8 Å². The molecule has 1 N–H and O–H groups in total. The van der Waals surface area contributed by atoms with Crippen LogP contribution in [0.1, 0.15) is 16.7 Å². The number of benzene rings is 3. The first-order chi connectivity index (χ1) is 14.6. The van der Waals surface area contributed by atoms with E-state index in [2.05, 4.69) is 52.4 Å². The predicted octanol–water partition coefficient (Wildman–Crippen LogP) is 5.73. The number of methoxy groups -OCH3 is 1. The van der Waals surface area contributed by atoms with Crippen LogP contribution in [0.5, 0.6) is 23.0 Å². The van der Waals surface area contributed by atoms with Crippen molar-refractivity contribution in [2.75, 3.05) is 25.6 Å². The van der Waals surface area contributed by atoms with Crippen molar-refractivity contribution in [2.45, 2.75) is 20.1 Å². The van der Waals surface area contributed by atoms with Crippen LogP contribution in [0.15, 0.2) is 59.1 Å². The standard InChI is InChI=1S/C24H24BrNO4/c1-16-3-5-17(6-4-16)15-30-24-20(25)11-18(12-23(24)27-2)14-26-19-7-8-21-22(13-19)29-10-9-28-21/h3-8,11-13,26H,9-10,14-15H2,1-2H3. The Labute approximate surface area is 185 Å². The molecule has 0 fully saturated rings. The highest BCUT2D eigenvalue weighted by Crippen LogP contribution is 2.38. The number of hydrogen-bond donors (Lipinski definition) is 1. The van der Waals surface area contributed by atoms with Gasteiger partial charge in [-0.15, -0.1) is 0 Å². The highest BCUT2D eigenvalue weighted by atomic mass is 79.9. The van der Waals surface area contributed by atoms with Gasteiger partial charge in [0.05, 0.1) is 11.6 Å². The monoisotopic (exact) mass is 469 g/mol. The van der Waals surface area contributed by atoms with E-state index in [1.165, 1.54) is 5.56 Å². The molecule has 0 saturated heterocycles. The second kappa shape index (κ2) is 9.30. The zero-order valence-electron chi connectivity index (χ0n) is 17.0. The molecule has 3 aromatic rings. The summed E-state index contributed by atoms with van der Waals surface area (Å²) in [6.07, 6.45) is 0. The topological polar surface area (TPSA) is 49.0 Å². The van der Waals surface area contributed by atoms with E-state index >= 15 is 0 Å². The van der Waals surface area contributed by atoms with Crippen LogP contribution >= 0.6 is 15.9 Å². The minimum absolute atomic E-state index is 0.476. The Morgan fingerprint density at radius 2 is 1.70 bits per heavy atom. The number of hydrogen-bond acceptors (Lipinski definition) is 5. The fourth-order valence-corrected chi connectivity index (χ4v) is 3.82. The van der Waals surface area contributed by atoms with E-state index in [1.807, 2.05) is 30.3 Å². The lowest BCUT2D eigenvalue weighted by atomic mass is 10.1. The van der Waals surface area contributed by atoms with E-state index in [9.17, 15) is 0 Å². The van der Waals surface area contributed by atoms with Crippen LogP contribution in [0.2, 0.25) is 0 Å². The number of nitrogens with one attached hydrogen (secondary N) is 1. The van der Waals surface area contributed by atoms with Gasteiger partial charge in [-0.3, -0.25) is 0 Å². The second-order valence-electron chi connectivity index (χ2n) is 7.10. The average Bonchev–Trinajstić information content (AvgIpc) is 2.77. The summed E-state index contributed by atoms with van der Waals surface area (Å²) in [6, 6.07) is 18.2. The Morgan fingerprint density at radius 3 is 2.47 bits per heavy atom. The Hall–Kier alpha value is -2.86. The molecule has 0 aromatic heterocycles. The Kier molecular flexibility index (Phi) is 6.33. The number of halogens is 1. The molecule has 0 unspecified atom stereocenters. The summed E-state index contributed by atoms with van der Waals surface area (Å²) in [7, 11) is 1.65. The van der Waals surface area contributed by atoms with Gasteiger partial charge in [-0.2, -0.15) is 0 Å². The van der Waals surface area contributed by atoms with E-state index in [0.717, 1.165) is 32.8 Å². The van der Waals surface area contributed by atoms with Crippen LogP contribution in [0.25, 0.3) is 0 Å². The molecule has 0 bridgehead atoms. The first-order valence-corrected chi connectivity index (χ1v) is 10.6. The molecular formula is C24H24BrNO4. The van der Waals surface area contributed by atoms with Crippen molar-refractivity contribution in [1.29, 1.82) is 0 Å². The fourth-order valence-electron chi connectivity index (χ4n) is 3.21. The molecule has 0 atom stereocenters. The molecule has 0 amide bonds. The normalized spacial score (nSPS) is 12.4. The zero-order valence-corrected chi connectivity index (χ0v) is 18.6. The highest BCUT2D eigenvalue weighted by molar-refractivity contribution is 9.10. The molecule has 4 rings (SSSR count). The van der Waals surface area contributed by atoms with Gasteiger partial charge in [0.2, 0.25) is 0 Å². The molecule has 0 radical (unpaired) electrons. The summed E-state index contributed by atoms with van der Waals surface area (Å²) in [6.45, 7) is 4.34. The molecule has 6 heteroatoms. The molecule has 1 heterocycles. The lowest BCUT2D eigenvalue weighted by Gasteiger charge is -2.19. The van der Waals surface area contributed by atoms with Gasteiger partial charge < -0.3 is 24.3 Å². The van der Waals surface area contributed by atoms with Crippen LogP contribution in [0.3, 0.4) is 0 Å². The number of aryl methyl sites for hydroxylation is 1. The second-order valence-corrected chi connectivity index (χ2v) is 7.95. The molecule has 1 aliphatic rings. The summed E-state index contributed by atoms with van der Waals surface area (Å²) in [4.78, 5) is 0. The van der Waals surface area contributed by atoms with Crippen molar-refractivity contribution in [3.8, 4) is 23.0 Å². The van der Waals surface area contributed by atoms with Crippen molar-refractivity contribution < 1.29 is 18.9 Å². The molecule has 0 aliphatic carbocycles. The van der Waals surface area contributed by atoms with Gasteiger partial charge in [-0.1, -0.05) is 29.8 Å². The van der Waals surface area contributed by atoms with Gasteiger partial charge in [-0.05, 0) is 58.2 Å². The largest absolute Gasteiger partial charge is 0.493 e. The maximum absolute atomic E-state index is 6.04. The van der Waals surface area contributed by atoms with Crippen molar-refractivity contribution in [3.63, 3.8) is 0 Å². The summed E-state index contributed by atoms with van der Waals surface area (Å²) >= 11 is 3.63. The van der Waals surface area contributed by atoms with E-state index in [0.29, 0.717) is 37.9 Å². The number of anilines is 1. The third-order valence-corrected chi connectivity index (χ3v) is 5.42. The van der Waals surface area contributed by atoms with Gasteiger partial charge in [0.15, 0.2) is 23.0 Å². The van der Waals surface area contributed by atoms with Gasteiger partial charge >= 0.3 is 0 Å². The minimum atomic E-state index is 0.476. The number of rotatable bonds is 7. The maximum Gasteiger partial charge on any atom is 0.175 e. The van der Waals surface area contributed by atoms with Crippen LogP contribution in [0.4, 0.5) is 5.69 Å². The molecule has 30 heavy (non-hydrogen) atoms. The molecule has 1 aliphatic heterocycles. The SMILES string of the molecule is COc1cc(CNc2ccc3c(c2)OCCO3)cc(Br)c1OCc1ccc(C)cc1.